The van der Waals surface area contributed by atoms with Crippen molar-refractivity contribution in [1.29, 1.82) is 0 Å². The minimum absolute atomic E-state index is 0.0800. The molecule has 7 heteroatoms. The van der Waals surface area contributed by atoms with Crippen LogP contribution in [0.2, 0.25) is 0 Å². The van der Waals surface area contributed by atoms with E-state index in [2.05, 4.69) is 4.98 Å². The molecule has 0 unspecified atom stereocenters. The standard InChI is InChI=1S/C8H7F2IN2O2/c9-8(10)7-6(12)4(11)1-3(13-7)2-5(14)15/h1,8H,2,12H2,(H,14,15). The van der Waals surface area contributed by atoms with E-state index in [-0.39, 0.29) is 11.4 Å². The molecule has 82 valence electrons. The highest BCUT2D eigenvalue weighted by molar-refractivity contribution is 14.1. The lowest BCUT2D eigenvalue weighted by Crippen LogP contribution is -2.08. The van der Waals surface area contributed by atoms with Gasteiger partial charge in [-0.3, -0.25) is 4.79 Å². The Balaban J connectivity index is 3.17. The molecule has 0 spiro atoms. The predicted molar refractivity (Wildman–Crippen MR) is 57.7 cm³/mol. The summed E-state index contributed by atoms with van der Waals surface area (Å²) in [6.07, 6.45) is -3.19. The summed E-state index contributed by atoms with van der Waals surface area (Å²) in [6.45, 7) is 0. The molecule has 3 N–H and O–H groups in total. The summed E-state index contributed by atoms with van der Waals surface area (Å²) in [5.74, 6) is -1.12. The Bertz CT molecular complexity index is 398. The van der Waals surface area contributed by atoms with E-state index < -0.39 is 24.5 Å². The van der Waals surface area contributed by atoms with Crippen molar-refractivity contribution in [3.63, 3.8) is 0 Å². The number of hydrogen-bond acceptors (Lipinski definition) is 3. The molecule has 1 aromatic rings. The molecule has 0 aliphatic rings. The smallest absolute Gasteiger partial charge is 0.309 e. The lowest BCUT2D eigenvalue weighted by molar-refractivity contribution is -0.136. The lowest BCUT2D eigenvalue weighted by Gasteiger charge is -2.07. The maximum Gasteiger partial charge on any atom is 0.309 e. The van der Waals surface area contributed by atoms with Gasteiger partial charge in [0.2, 0.25) is 0 Å². The highest BCUT2D eigenvalue weighted by Crippen LogP contribution is 2.27. The van der Waals surface area contributed by atoms with Crippen LogP contribution in [0.4, 0.5) is 14.5 Å². The Morgan fingerprint density at radius 1 is 1.67 bits per heavy atom. The Hall–Kier alpha value is -0.990. The number of halogens is 3. The molecule has 0 saturated heterocycles. The van der Waals surface area contributed by atoms with Crippen molar-refractivity contribution in [3.8, 4) is 0 Å². The summed E-state index contributed by atoms with van der Waals surface area (Å²) < 4.78 is 25.2. The van der Waals surface area contributed by atoms with Crippen LogP contribution < -0.4 is 5.73 Å². The maximum atomic E-state index is 12.4. The van der Waals surface area contributed by atoms with Crippen molar-refractivity contribution in [3.05, 3.63) is 21.0 Å². The van der Waals surface area contributed by atoms with Crippen molar-refractivity contribution in [1.82, 2.24) is 4.98 Å². The predicted octanol–water partition coefficient (Wildman–Crippen LogP) is 1.83. The van der Waals surface area contributed by atoms with Gasteiger partial charge in [0.1, 0.15) is 5.69 Å². The number of pyridine rings is 1. The second kappa shape index (κ2) is 4.69. The third-order valence-corrected chi connectivity index (χ3v) is 2.52. The van der Waals surface area contributed by atoms with Crippen LogP contribution in [0, 0.1) is 3.57 Å². The van der Waals surface area contributed by atoms with Crippen molar-refractivity contribution in [2.75, 3.05) is 5.73 Å². The van der Waals surface area contributed by atoms with E-state index in [0.29, 0.717) is 3.57 Å². The van der Waals surface area contributed by atoms with E-state index in [1.807, 2.05) is 0 Å². The van der Waals surface area contributed by atoms with Gasteiger partial charge in [-0.1, -0.05) is 0 Å². The number of anilines is 1. The van der Waals surface area contributed by atoms with Crippen LogP contribution in [-0.4, -0.2) is 16.1 Å². The zero-order valence-corrected chi connectivity index (χ0v) is 9.53. The minimum Gasteiger partial charge on any atom is -0.481 e. The van der Waals surface area contributed by atoms with Crippen molar-refractivity contribution in [2.45, 2.75) is 12.8 Å². The molecule has 0 saturated carbocycles. The average molecular weight is 328 g/mol. The SMILES string of the molecule is Nc1c(I)cc(CC(=O)O)nc1C(F)F. The Morgan fingerprint density at radius 3 is 2.73 bits per heavy atom. The number of aromatic nitrogens is 1. The number of rotatable bonds is 3. The number of nitrogens with zero attached hydrogens (tertiary/aromatic N) is 1. The summed E-state index contributed by atoms with van der Waals surface area (Å²) in [4.78, 5) is 13.9. The van der Waals surface area contributed by atoms with Crippen LogP contribution in [-0.2, 0) is 11.2 Å². The van der Waals surface area contributed by atoms with Crippen LogP contribution >= 0.6 is 22.6 Å². The molecule has 0 radical (unpaired) electrons. The first kappa shape index (κ1) is 12.1. The number of nitrogens with two attached hydrogens (primary N) is 1. The molecule has 0 aliphatic carbocycles. The number of aliphatic carboxylic acids is 1. The van der Waals surface area contributed by atoms with Gasteiger partial charge in [-0.2, -0.15) is 0 Å². The van der Waals surface area contributed by atoms with Gasteiger partial charge in [-0.05, 0) is 28.7 Å². The van der Waals surface area contributed by atoms with Crippen LogP contribution in [0.3, 0.4) is 0 Å². The van der Waals surface area contributed by atoms with E-state index in [0.717, 1.165) is 0 Å². The van der Waals surface area contributed by atoms with E-state index in [1.54, 1.807) is 22.6 Å². The molecule has 1 rings (SSSR count). The van der Waals surface area contributed by atoms with Crippen molar-refractivity contribution >= 4 is 34.2 Å². The van der Waals surface area contributed by atoms with Crippen LogP contribution in [0.5, 0.6) is 0 Å². The Labute approximate surface area is 97.6 Å². The fourth-order valence-corrected chi connectivity index (χ4v) is 1.64. The van der Waals surface area contributed by atoms with Gasteiger partial charge in [0.05, 0.1) is 17.8 Å². The van der Waals surface area contributed by atoms with Gasteiger partial charge in [0.25, 0.3) is 6.43 Å². The van der Waals surface area contributed by atoms with Gasteiger partial charge >= 0.3 is 5.97 Å². The normalized spacial score (nSPS) is 10.7. The highest BCUT2D eigenvalue weighted by Gasteiger charge is 2.17. The molecule has 15 heavy (non-hydrogen) atoms. The monoisotopic (exact) mass is 328 g/mol. The number of carboxylic acids is 1. The van der Waals surface area contributed by atoms with Gasteiger partial charge in [0, 0.05) is 3.57 Å². The van der Waals surface area contributed by atoms with E-state index in [1.165, 1.54) is 6.07 Å². The molecule has 0 bridgehead atoms. The Morgan fingerprint density at radius 2 is 2.27 bits per heavy atom. The number of alkyl halides is 2. The van der Waals surface area contributed by atoms with Crippen molar-refractivity contribution in [2.24, 2.45) is 0 Å². The van der Waals surface area contributed by atoms with E-state index >= 15 is 0 Å². The highest BCUT2D eigenvalue weighted by atomic mass is 127. The fraction of sp³-hybridized carbons (Fsp3) is 0.250. The molecule has 1 aromatic heterocycles. The molecule has 0 fully saturated rings. The minimum atomic E-state index is -2.80. The second-order valence-corrected chi connectivity index (χ2v) is 3.93. The number of hydrogen-bond donors (Lipinski definition) is 2. The van der Waals surface area contributed by atoms with Crippen LogP contribution in [0.1, 0.15) is 17.8 Å². The zero-order chi connectivity index (χ0) is 11.6. The quantitative estimate of drug-likeness (QED) is 0.830. The van der Waals surface area contributed by atoms with E-state index in [9.17, 15) is 13.6 Å². The topological polar surface area (TPSA) is 76.2 Å². The second-order valence-electron chi connectivity index (χ2n) is 2.77. The summed E-state index contributed by atoms with van der Waals surface area (Å²) in [7, 11) is 0. The molecule has 0 amide bonds. The maximum absolute atomic E-state index is 12.4. The molecule has 4 nitrogen and oxygen atoms in total. The summed E-state index contributed by atoms with van der Waals surface area (Å²) in [5.41, 5.74) is 4.81. The molecule has 0 aliphatic heterocycles. The lowest BCUT2D eigenvalue weighted by atomic mass is 10.2. The van der Waals surface area contributed by atoms with Crippen LogP contribution in [0.25, 0.3) is 0 Å². The first-order valence-electron chi connectivity index (χ1n) is 3.86. The fourth-order valence-electron chi connectivity index (χ4n) is 1.01. The van der Waals surface area contributed by atoms with Gasteiger partial charge in [0.15, 0.2) is 0 Å². The van der Waals surface area contributed by atoms with E-state index in [4.69, 9.17) is 10.8 Å². The molecule has 0 aromatic carbocycles. The Kier molecular flexibility index (Phi) is 3.77. The van der Waals surface area contributed by atoms with Gasteiger partial charge in [-0.15, -0.1) is 0 Å². The number of nitrogen functional groups attached to an aromatic ring is 1. The number of carbonyl (C=O) groups is 1. The molecular weight excluding hydrogens is 321 g/mol. The van der Waals surface area contributed by atoms with Crippen molar-refractivity contribution < 1.29 is 18.7 Å². The van der Waals surface area contributed by atoms with Crippen LogP contribution in [0.15, 0.2) is 6.07 Å². The summed E-state index contributed by atoms with van der Waals surface area (Å²) >= 11 is 1.76. The zero-order valence-electron chi connectivity index (χ0n) is 7.38. The molecule has 0 atom stereocenters. The number of carboxylic acid groups (broad SMARTS) is 1. The largest absolute Gasteiger partial charge is 0.481 e. The first-order valence-corrected chi connectivity index (χ1v) is 4.94. The third-order valence-electron chi connectivity index (χ3n) is 1.63. The average Bonchev–Trinajstić information content (AvgIpc) is 2.09. The molecule has 1 heterocycles. The summed E-state index contributed by atoms with van der Waals surface area (Å²) in [6, 6.07) is 1.38. The van der Waals surface area contributed by atoms with Gasteiger partial charge in [-0.25, -0.2) is 13.8 Å². The molecular formula is C8H7F2IN2O2. The third kappa shape index (κ3) is 2.98. The summed E-state index contributed by atoms with van der Waals surface area (Å²) in [5, 5.41) is 8.50. The first-order chi connectivity index (χ1) is 6.91. The van der Waals surface area contributed by atoms with Gasteiger partial charge < -0.3 is 10.8 Å².